The highest BCUT2D eigenvalue weighted by molar-refractivity contribution is 4.72. The number of hydrogen-bond donors (Lipinski definition) is 0. The molecular formula is C15H30. The fraction of sp³-hybridized carbons (Fsp3) is 1.00. The van der Waals surface area contributed by atoms with Crippen LogP contribution in [0, 0.1) is 11.8 Å². The lowest BCUT2D eigenvalue weighted by molar-refractivity contribution is 0.236. The molecule has 1 fully saturated rings. The first-order chi connectivity index (χ1) is 7.34. The molecule has 90 valence electrons. The van der Waals surface area contributed by atoms with E-state index in [-0.39, 0.29) is 0 Å². The molecule has 1 saturated carbocycles. The number of rotatable bonds is 7. The molecular weight excluding hydrogens is 180 g/mol. The summed E-state index contributed by atoms with van der Waals surface area (Å²) in [4.78, 5) is 0. The van der Waals surface area contributed by atoms with Gasteiger partial charge in [0.25, 0.3) is 0 Å². The van der Waals surface area contributed by atoms with E-state index in [4.69, 9.17) is 0 Å². The van der Waals surface area contributed by atoms with Gasteiger partial charge in [0.05, 0.1) is 0 Å². The number of unbranched alkanes of at least 4 members (excludes halogenated alkanes) is 5. The molecule has 0 aromatic rings. The zero-order valence-electron chi connectivity index (χ0n) is 10.9. The van der Waals surface area contributed by atoms with Crippen molar-refractivity contribution >= 4 is 0 Å². The Hall–Kier alpha value is 0. The minimum absolute atomic E-state index is 1.02. The Labute approximate surface area is 96.8 Å². The molecule has 0 bridgehead atoms. The zero-order valence-corrected chi connectivity index (χ0v) is 10.9. The third-order valence-corrected chi connectivity index (χ3v) is 4.22. The van der Waals surface area contributed by atoms with Crippen molar-refractivity contribution in [1.82, 2.24) is 0 Å². The average molecular weight is 210 g/mol. The van der Waals surface area contributed by atoms with Gasteiger partial charge < -0.3 is 0 Å². The van der Waals surface area contributed by atoms with Gasteiger partial charge in [-0.1, -0.05) is 84.5 Å². The van der Waals surface area contributed by atoms with Crippen molar-refractivity contribution in [2.75, 3.05) is 0 Å². The van der Waals surface area contributed by atoms with E-state index in [2.05, 4.69) is 13.8 Å². The van der Waals surface area contributed by atoms with Gasteiger partial charge in [-0.25, -0.2) is 0 Å². The molecule has 15 heavy (non-hydrogen) atoms. The van der Waals surface area contributed by atoms with Gasteiger partial charge in [0.2, 0.25) is 0 Å². The maximum absolute atomic E-state index is 2.47. The second-order valence-corrected chi connectivity index (χ2v) is 5.58. The average Bonchev–Trinajstić information content (AvgIpc) is 2.25. The Kier molecular flexibility index (Phi) is 7.13. The molecule has 1 aliphatic carbocycles. The second-order valence-electron chi connectivity index (χ2n) is 5.58. The topological polar surface area (TPSA) is 0 Å². The molecule has 0 heterocycles. The molecule has 0 radical (unpaired) electrons. The van der Waals surface area contributed by atoms with Gasteiger partial charge in [-0.3, -0.25) is 0 Å². The summed E-state index contributed by atoms with van der Waals surface area (Å²) >= 11 is 0. The van der Waals surface area contributed by atoms with Crippen molar-refractivity contribution in [3.05, 3.63) is 0 Å². The van der Waals surface area contributed by atoms with Crippen molar-refractivity contribution in [3.63, 3.8) is 0 Å². The lowest BCUT2D eigenvalue weighted by Crippen LogP contribution is -2.16. The summed E-state index contributed by atoms with van der Waals surface area (Å²) in [5.41, 5.74) is 0. The van der Waals surface area contributed by atoms with Gasteiger partial charge in [0.15, 0.2) is 0 Å². The second kappa shape index (κ2) is 8.19. The highest BCUT2D eigenvalue weighted by Crippen LogP contribution is 2.33. The lowest BCUT2D eigenvalue weighted by atomic mass is 9.78. The molecule has 1 rings (SSSR count). The van der Waals surface area contributed by atoms with E-state index in [1.807, 2.05) is 0 Å². The van der Waals surface area contributed by atoms with Crippen LogP contribution in [-0.2, 0) is 0 Å². The maximum atomic E-state index is 2.47. The van der Waals surface area contributed by atoms with Crippen LogP contribution in [-0.4, -0.2) is 0 Å². The highest BCUT2D eigenvalue weighted by atomic mass is 14.3. The predicted octanol–water partition coefficient (Wildman–Crippen LogP) is 5.56. The quantitative estimate of drug-likeness (QED) is 0.482. The first kappa shape index (κ1) is 13.1. The Bertz CT molecular complexity index is 139. The molecule has 0 aromatic carbocycles. The van der Waals surface area contributed by atoms with Gasteiger partial charge in [0, 0.05) is 0 Å². The molecule has 1 aliphatic rings. The summed E-state index contributed by atoms with van der Waals surface area (Å²) in [6, 6.07) is 0. The van der Waals surface area contributed by atoms with Gasteiger partial charge in [-0.2, -0.15) is 0 Å². The highest BCUT2D eigenvalue weighted by Gasteiger charge is 2.20. The minimum atomic E-state index is 1.02. The van der Waals surface area contributed by atoms with Crippen molar-refractivity contribution in [2.24, 2.45) is 11.8 Å². The van der Waals surface area contributed by atoms with Gasteiger partial charge in [-0.15, -0.1) is 0 Å². The van der Waals surface area contributed by atoms with Crippen LogP contribution >= 0.6 is 0 Å². The Balaban J connectivity index is 1.94. The van der Waals surface area contributed by atoms with Crippen LogP contribution in [0.25, 0.3) is 0 Å². The maximum Gasteiger partial charge on any atom is -0.0388 e. The van der Waals surface area contributed by atoms with Crippen LogP contribution in [0.2, 0.25) is 0 Å². The van der Waals surface area contributed by atoms with Gasteiger partial charge in [0.1, 0.15) is 0 Å². The first-order valence-electron chi connectivity index (χ1n) is 7.34. The van der Waals surface area contributed by atoms with Crippen LogP contribution in [0.5, 0.6) is 0 Å². The standard InChI is InChI=1S/C15H30/c1-3-4-5-6-7-8-12-15-13-10-9-11-14(15)2/h14-15H,3-13H2,1-2H3. The fourth-order valence-electron chi connectivity index (χ4n) is 3.01. The third kappa shape index (κ3) is 5.58. The summed E-state index contributed by atoms with van der Waals surface area (Å²) in [6.45, 7) is 4.77. The van der Waals surface area contributed by atoms with E-state index in [9.17, 15) is 0 Å². The van der Waals surface area contributed by atoms with Crippen molar-refractivity contribution in [2.45, 2.75) is 84.5 Å². The molecule has 0 aliphatic heterocycles. The van der Waals surface area contributed by atoms with Gasteiger partial charge in [-0.05, 0) is 11.8 Å². The van der Waals surface area contributed by atoms with E-state index >= 15 is 0 Å². The Morgan fingerprint density at radius 1 is 0.867 bits per heavy atom. The van der Waals surface area contributed by atoms with Crippen LogP contribution in [0.15, 0.2) is 0 Å². The summed E-state index contributed by atoms with van der Waals surface area (Å²) in [5, 5.41) is 0. The van der Waals surface area contributed by atoms with Gasteiger partial charge >= 0.3 is 0 Å². The smallest absolute Gasteiger partial charge is 0.0388 e. The summed E-state index contributed by atoms with van der Waals surface area (Å²) in [5.74, 6) is 2.10. The van der Waals surface area contributed by atoms with E-state index in [0.29, 0.717) is 0 Å². The molecule has 2 atom stereocenters. The molecule has 0 amide bonds. The van der Waals surface area contributed by atoms with E-state index in [0.717, 1.165) is 11.8 Å². The molecule has 0 spiro atoms. The molecule has 2 unspecified atom stereocenters. The third-order valence-electron chi connectivity index (χ3n) is 4.22. The lowest BCUT2D eigenvalue weighted by Gasteiger charge is -2.28. The Morgan fingerprint density at radius 2 is 1.53 bits per heavy atom. The molecule has 0 aromatic heterocycles. The normalized spacial score (nSPS) is 26.8. The zero-order chi connectivity index (χ0) is 10.9. The van der Waals surface area contributed by atoms with Crippen LogP contribution in [0.3, 0.4) is 0 Å². The van der Waals surface area contributed by atoms with E-state index in [1.54, 1.807) is 0 Å². The fourth-order valence-corrected chi connectivity index (χ4v) is 3.01. The van der Waals surface area contributed by atoms with Crippen LogP contribution < -0.4 is 0 Å². The molecule has 0 heteroatoms. The Morgan fingerprint density at radius 3 is 2.27 bits per heavy atom. The monoisotopic (exact) mass is 210 g/mol. The van der Waals surface area contributed by atoms with Crippen molar-refractivity contribution in [3.8, 4) is 0 Å². The SMILES string of the molecule is CCCCCCCCC1CCCCC1C. The van der Waals surface area contributed by atoms with E-state index < -0.39 is 0 Å². The predicted molar refractivity (Wildman–Crippen MR) is 69.1 cm³/mol. The van der Waals surface area contributed by atoms with Crippen LogP contribution in [0.1, 0.15) is 84.5 Å². The van der Waals surface area contributed by atoms with Crippen molar-refractivity contribution in [1.29, 1.82) is 0 Å². The summed E-state index contributed by atoms with van der Waals surface area (Å²) in [6.07, 6.45) is 16.3. The first-order valence-corrected chi connectivity index (χ1v) is 7.34. The molecule has 0 N–H and O–H groups in total. The number of hydrogen-bond acceptors (Lipinski definition) is 0. The molecule has 0 nitrogen and oxygen atoms in total. The largest absolute Gasteiger partial charge is 0.0654 e. The minimum Gasteiger partial charge on any atom is -0.0654 e. The van der Waals surface area contributed by atoms with E-state index in [1.165, 1.54) is 70.6 Å². The van der Waals surface area contributed by atoms with Crippen LogP contribution in [0.4, 0.5) is 0 Å². The summed E-state index contributed by atoms with van der Waals surface area (Å²) < 4.78 is 0. The summed E-state index contributed by atoms with van der Waals surface area (Å²) in [7, 11) is 0. The molecule has 0 saturated heterocycles. The van der Waals surface area contributed by atoms with Crippen molar-refractivity contribution < 1.29 is 0 Å².